The molecule has 0 saturated heterocycles. The van der Waals surface area contributed by atoms with E-state index in [-0.39, 0.29) is 0 Å². The highest BCUT2D eigenvalue weighted by molar-refractivity contribution is 5.76. The Balaban J connectivity index is 2.36. The van der Waals surface area contributed by atoms with Crippen molar-refractivity contribution in [3.63, 3.8) is 0 Å². The van der Waals surface area contributed by atoms with Crippen LogP contribution in [0.3, 0.4) is 0 Å². The number of H-pyrrole nitrogens is 1. The fraction of sp³-hybridized carbons (Fsp3) is 0.533. The number of fused-ring (bicyclic) bond motifs is 1. The van der Waals surface area contributed by atoms with E-state index < -0.39 is 0 Å². The minimum atomic E-state index is 0.445. The molecule has 1 unspecified atom stereocenters. The maximum atomic E-state index is 4.61. The zero-order valence-corrected chi connectivity index (χ0v) is 11.7. The van der Waals surface area contributed by atoms with E-state index in [1.54, 1.807) is 0 Å². The van der Waals surface area contributed by atoms with Crippen LogP contribution in [0, 0.1) is 0 Å². The van der Waals surface area contributed by atoms with Crippen molar-refractivity contribution < 1.29 is 0 Å². The molecule has 1 atom stereocenters. The molecule has 0 aliphatic heterocycles. The number of nitrogens with zero attached hydrogens (tertiary/aromatic N) is 1. The van der Waals surface area contributed by atoms with Gasteiger partial charge in [0, 0.05) is 12.5 Å². The molecule has 18 heavy (non-hydrogen) atoms. The Bertz CT molecular complexity index is 513. The summed E-state index contributed by atoms with van der Waals surface area (Å²) in [6.45, 7) is 7.58. The van der Waals surface area contributed by atoms with E-state index in [4.69, 9.17) is 0 Å². The topological polar surface area (TPSA) is 40.7 Å². The second-order valence-corrected chi connectivity index (χ2v) is 5.22. The van der Waals surface area contributed by atoms with Crippen LogP contribution in [0.1, 0.15) is 50.4 Å². The normalized spacial score (nSPS) is 13.4. The molecule has 0 bridgehead atoms. The van der Waals surface area contributed by atoms with Crippen molar-refractivity contribution in [3.8, 4) is 0 Å². The number of nitrogens with one attached hydrogen (secondary N) is 2. The summed E-state index contributed by atoms with van der Waals surface area (Å²) in [5.74, 6) is 2.09. The summed E-state index contributed by atoms with van der Waals surface area (Å²) < 4.78 is 0. The fourth-order valence-corrected chi connectivity index (χ4v) is 2.32. The molecule has 0 aliphatic rings. The fourth-order valence-electron chi connectivity index (χ4n) is 2.32. The average molecular weight is 245 g/mol. The van der Waals surface area contributed by atoms with E-state index in [1.807, 2.05) is 7.05 Å². The summed E-state index contributed by atoms with van der Waals surface area (Å²) in [5, 5.41) is 3.26. The van der Waals surface area contributed by atoms with Crippen LogP contribution in [0.2, 0.25) is 0 Å². The first kappa shape index (κ1) is 13.1. The van der Waals surface area contributed by atoms with Gasteiger partial charge in [-0.2, -0.15) is 0 Å². The standard InChI is InChI=1S/C15H23N3/c1-5-11(9-16-4)12-6-7-13-14(8-12)18-15(17-13)10(2)3/h6-8,10-11,16H,5,9H2,1-4H3,(H,17,18). The van der Waals surface area contributed by atoms with Crippen molar-refractivity contribution in [1.82, 2.24) is 15.3 Å². The summed E-state index contributed by atoms with van der Waals surface area (Å²) in [6, 6.07) is 6.59. The maximum absolute atomic E-state index is 4.61. The molecule has 3 heteroatoms. The monoisotopic (exact) mass is 245 g/mol. The van der Waals surface area contributed by atoms with E-state index in [0.717, 1.165) is 29.8 Å². The van der Waals surface area contributed by atoms with Crippen molar-refractivity contribution in [3.05, 3.63) is 29.6 Å². The van der Waals surface area contributed by atoms with Crippen LogP contribution in [0.4, 0.5) is 0 Å². The van der Waals surface area contributed by atoms with Crippen LogP contribution < -0.4 is 5.32 Å². The van der Waals surface area contributed by atoms with Crippen molar-refractivity contribution in [2.45, 2.75) is 39.0 Å². The summed E-state index contributed by atoms with van der Waals surface area (Å²) in [7, 11) is 2.01. The second kappa shape index (κ2) is 5.53. The lowest BCUT2D eigenvalue weighted by Crippen LogP contribution is -2.16. The minimum absolute atomic E-state index is 0.445. The van der Waals surface area contributed by atoms with Gasteiger partial charge in [0.1, 0.15) is 5.82 Å². The van der Waals surface area contributed by atoms with Gasteiger partial charge in [-0.1, -0.05) is 26.8 Å². The predicted octanol–water partition coefficient (Wildman–Crippen LogP) is 3.40. The average Bonchev–Trinajstić information content (AvgIpc) is 2.78. The zero-order chi connectivity index (χ0) is 13.1. The van der Waals surface area contributed by atoms with Gasteiger partial charge in [0.25, 0.3) is 0 Å². The molecule has 0 spiro atoms. The van der Waals surface area contributed by atoms with Gasteiger partial charge < -0.3 is 10.3 Å². The van der Waals surface area contributed by atoms with Crippen LogP contribution >= 0.6 is 0 Å². The number of likely N-dealkylation sites (N-methyl/N-ethyl adjacent to an activating group) is 1. The number of imidazole rings is 1. The third-order valence-electron chi connectivity index (χ3n) is 3.49. The molecule has 0 radical (unpaired) electrons. The molecule has 0 aliphatic carbocycles. The Labute approximate surface area is 109 Å². The van der Waals surface area contributed by atoms with Gasteiger partial charge in [0.05, 0.1) is 11.0 Å². The van der Waals surface area contributed by atoms with Crippen LogP contribution in [-0.4, -0.2) is 23.6 Å². The Morgan fingerprint density at radius 2 is 2.11 bits per heavy atom. The third kappa shape index (κ3) is 2.56. The number of rotatable bonds is 5. The Kier molecular flexibility index (Phi) is 4.02. The SMILES string of the molecule is CCC(CNC)c1ccc2nc(C(C)C)[nH]c2c1. The van der Waals surface area contributed by atoms with E-state index in [9.17, 15) is 0 Å². The number of aromatic nitrogens is 2. The highest BCUT2D eigenvalue weighted by Gasteiger charge is 2.11. The van der Waals surface area contributed by atoms with Crippen LogP contribution in [0.5, 0.6) is 0 Å². The van der Waals surface area contributed by atoms with E-state index in [2.05, 4.69) is 54.3 Å². The highest BCUT2D eigenvalue weighted by Crippen LogP contribution is 2.24. The minimum Gasteiger partial charge on any atom is -0.342 e. The van der Waals surface area contributed by atoms with Crippen molar-refractivity contribution in [1.29, 1.82) is 0 Å². The van der Waals surface area contributed by atoms with E-state index in [0.29, 0.717) is 11.8 Å². The first-order valence-corrected chi connectivity index (χ1v) is 6.79. The Morgan fingerprint density at radius 3 is 2.72 bits per heavy atom. The molecule has 0 amide bonds. The number of aromatic amines is 1. The molecule has 2 aromatic rings. The molecule has 1 aromatic carbocycles. The maximum Gasteiger partial charge on any atom is 0.109 e. The second-order valence-electron chi connectivity index (χ2n) is 5.22. The summed E-state index contributed by atoms with van der Waals surface area (Å²) in [6.07, 6.45) is 1.15. The van der Waals surface area contributed by atoms with E-state index >= 15 is 0 Å². The zero-order valence-electron chi connectivity index (χ0n) is 11.7. The van der Waals surface area contributed by atoms with Crippen molar-refractivity contribution in [2.24, 2.45) is 0 Å². The van der Waals surface area contributed by atoms with Gasteiger partial charge in [0.15, 0.2) is 0 Å². The molecule has 0 fully saturated rings. The number of benzene rings is 1. The molecule has 1 aromatic heterocycles. The smallest absolute Gasteiger partial charge is 0.109 e. The lowest BCUT2D eigenvalue weighted by Gasteiger charge is -2.14. The lowest BCUT2D eigenvalue weighted by atomic mass is 9.96. The predicted molar refractivity (Wildman–Crippen MR) is 77.1 cm³/mol. The molecule has 2 rings (SSSR count). The van der Waals surface area contributed by atoms with Crippen LogP contribution in [0.15, 0.2) is 18.2 Å². The van der Waals surface area contributed by atoms with Gasteiger partial charge in [-0.15, -0.1) is 0 Å². The van der Waals surface area contributed by atoms with Gasteiger partial charge in [-0.25, -0.2) is 4.98 Å². The lowest BCUT2D eigenvalue weighted by molar-refractivity contribution is 0.612. The Hall–Kier alpha value is -1.35. The first-order chi connectivity index (χ1) is 8.65. The summed E-state index contributed by atoms with van der Waals surface area (Å²) >= 11 is 0. The molecule has 98 valence electrons. The number of hydrogen-bond acceptors (Lipinski definition) is 2. The molecular weight excluding hydrogens is 222 g/mol. The van der Waals surface area contributed by atoms with Gasteiger partial charge in [-0.05, 0) is 37.1 Å². The van der Waals surface area contributed by atoms with Crippen molar-refractivity contribution >= 4 is 11.0 Å². The van der Waals surface area contributed by atoms with Crippen LogP contribution in [0.25, 0.3) is 11.0 Å². The molecule has 0 saturated carbocycles. The van der Waals surface area contributed by atoms with Gasteiger partial charge in [0.2, 0.25) is 0 Å². The molecular formula is C15H23N3. The molecule has 3 nitrogen and oxygen atoms in total. The Morgan fingerprint density at radius 1 is 1.33 bits per heavy atom. The van der Waals surface area contributed by atoms with Gasteiger partial charge in [-0.3, -0.25) is 0 Å². The van der Waals surface area contributed by atoms with Gasteiger partial charge >= 0.3 is 0 Å². The third-order valence-corrected chi connectivity index (χ3v) is 3.49. The summed E-state index contributed by atoms with van der Waals surface area (Å²) in [5.41, 5.74) is 3.62. The largest absolute Gasteiger partial charge is 0.342 e. The highest BCUT2D eigenvalue weighted by atomic mass is 14.9. The molecule has 2 N–H and O–H groups in total. The number of hydrogen-bond donors (Lipinski definition) is 2. The van der Waals surface area contributed by atoms with Crippen LogP contribution in [-0.2, 0) is 0 Å². The molecule has 1 heterocycles. The quantitative estimate of drug-likeness (QED) is 0.847. The van der Waals surface area contributed by atoms with Crippen molar-refractivity contribution in [2.75, 3.05) is 13.6 Å². The summed E-state index contributed by atoms with van der Waals surface area (Å²) in [4.78, 5) is 8.04. The van der Waals surface area contributed by atoms with E-state index in [1.165, 1.54) is 5.56 Å². The first-order valence-electron chi connectivity index (χ1n) is 6.79.